The number of hydrogen-bond acceptors (Lipinski definition) is 5. The molecule has 1 aromatic heterocycles. The number of unbranched alkanes of at least 4 members (excludes halogenated alkanes) is 1. The lowest BCUT2D eigenvalue weighted by Crippen LogP contribution is -2.29. The van der Waals surface area contributed by atoms with Crippen LogP contribution in [-0.4, -0.2) is 19.9 Å². The van der Waals surface area contributed by atoms with Crippen molar-refractivity contribution < 1.29 is 8.42 Å². The van der Waals surface area contributed by atoms with Gasteiger partial charge in [0, 0.05) is 18.8 Å². The summed E-state index contributed by atoms with van der Waals surface area (Å²) in [6.07, 6.45) is 5.67. The maximum atomic E-state index is 12.2. The summed E-state index contributed by atoms with van der Waals surface area (Å²) in [5, 5.41) is 0. The minimum atomic E-state index is -3.51. The average molecular weight is 300 g/mol. The molecule has 0 fully saturated rings. The van der Waals surface area contributed by atoms with Crippen LogP contribution in [0.15, 0.2) is 23.2 Å². The third-order valence-electron chi connectivity index (χ3n) is 3.29. The van der Waals surface area contributed by atoms with Crippen LogP contribution in [-0.2, 0) is 10.0 Å². The molecule has 1 heterocycles. The van der Waals surface area contributed by atoms with E-state index in [-0.39, 0.29) is 4.90 Å². The van der Waals surface area contributed by atoms with Gasteiger partial charge in [0.1, 0.15) is 5.82 Å². The van der Waals surface area contributed by atoms with Crippen molar-refractivity contribution in [2.75, 3.05) is 12.0 Å². The standard InChI is InChI=1S/C13H24N4O2S/c1-3-5-6-11(4-2)10-16-20(18,19)12-7-8-15-13(9-12)17-14/h7-9,11,16H,3-6,10,14H2,1-2H3,(H,15,17). The minimum absolute atomic E-state index is 0.172. The monoisotopic (exact) mass is 300 g/mol. The van der Waals surface area contributed by atoms with Crippen molar-refractivity contribution in [2.24, 2.45) is 11.8 Å². The predicted molar refractivity (Wildman–Crippen MR) is 80.5 cm³/mol. The number of anilines is 1. The summed E-state index contributed by atoms with van der Waals surface area (Å²) in [5.41, 5.74) is 2.34. The number of hydrogen-bond donors (Lipinski definition) is 3. The van der Waals surface area contributed by atoms with Crippen LogP contribution in [0.5, 0.6) is 0 Å². The van der Waals surface area contributed by atoms with Crippen LogP contribution in [0.1, 0.15) is 39.5 Å². The second-order valence-corrected chi connectivity index (χ2v) is 6.56. The molecule has 0 amide bonds. The normalized spacial score (nSPS) is 13.2. The molecule has 20 heavy (non-hydrogen) atoms. The van der Waals surface area contributed by atoms with Crippen molar-refractivity contribution in [3.8, 4) is 0 Å². The number of nitrogens with one attached hydrogen (secondary N) is 2. The third-order valence-corrected chi connectivity index (χ3v) is 4.72. The second kappa shape index (κ2) is 8.18. The number of nitrogens with two attached hydrogens (primary N) is 1. The van der Waals surface area contributed by atoms with Crippen LogP contribution >= 0.6 is 0 Å². The largest absolute Gasteiger partial charge is 0.308 e. The molecule has 1 rings (SSSR count). The van der Waals surface area contributed by atoms with Gasteiger partial charge in [-0.2, -0.15) is 0 Å². The quantitative estimate of drug-likeness (QED) is 0.478. The summed E-state index contributed by atoms with van der Waals surface area (Å²) in [5.74, 6) is 5.93. The minimum Gasteiger partial charge on any atom is -0.308 e. The molecule has 1 unspecified atom stereocenters. The summed E-state index contributed by atoms with van der Waals surface area (Å²) in [6.45, 7) is 4.68. The number of nitrogens with zero attached hydrogens (tertiary/aromatic N) is 1. The highest BCUT2D eigenvalue weighted by Crippen LogP contribution is 2.15. The highest BCUT2D eigenvalue weighted by molar-refractivity contribution is 7.89. The van der Waals surface area contributed by atoms with E-state index in [2.05, 4.69) is 29.0 Å². The summed E-state index contributed by atoms with van der Waals surface area (Å²) < 4.78 is 27.0. The molecule has 0 aromatic carbocycles. The van der Waals surface area contributed by atoms with Crippen molar-refractivity contribution in [1.82, 2.24) is 9.71 Å². The molecule has 0 aliphatic heterocycles. The summed E-state index contributed by atoms with van der Waals surface area (Å²) >= 11 is 0. The fourth-order valence-corrected chi connectivity index (χ4v) is 3.04. The van der Waals surface area contributed by atoms with Gasteiger partial charge < -0.3 is 5.43 Å². The maximum absolute atomic E-state index is 12.2. The van der Waals surface area contributed by atoms with Crippen LogP contribution in [0.2, 0.25) is 0 Å². The molecular formula is C13H24N4O2S. The van der Waals surface area contributed by atoms with Gasteiger partial charge in [-0.15, -0.1) is 0 Å². The second-order valence-electron chi connectivity index (χ2n) is 4.79. The lowest BCUT2D eigenvalue weighted by atomic mass is 10.00. The van der Waals surface area contributed by atoms with Gasteiger partial charge >= 0.3 is 0 Å². The highest BCUT2D eigenvalue weighted by atomic mass is 32.2. The Bertz CT molecular complexity index is 505. The van der Waals surface area contributed by atoms with E-state index in [1.807, 2.05) is 0 Å². The Morgan fingerprint density at radius 1 is 1.40 bits per heavy atom. The van der Waals surface area contributed by atoms with Crippen LogP contribution < -0.4 is 16.0 Å². The first-order valence-corrected chi connectivity index (χ1v) is 8.44. The molecule has 6 nitrogen and oxygen atoms in total. The first-order chi connectivity index (χ1) is 9.53. The predicted octanol–water partition coefficient (Wildman–Crippen LogP) is 1.86. The van der Waals surface area contributed by atoms with Crippen LogP contribution in [0.3, 0.4) is 0 Å². The Morgan fingerprint density at radius 2 is 2.15 bits per heavy atom. The molecule has 1 aromatic rings. The first kappa shape index (κ1) is 16.9. The zero-order valence-corrected chi connectivity index (χ0v) is 12.9. The van der Waals surface area contributed by atoms with Gasteiger partial charge in [-0.3, -0.25) is 0 Å². The van der Waals surface area contributed by atoms with E-state index in [0.717, 1.165) is 25.7 Å². The van der Waals surface area contributed by atoms with Gasteiger partial charge in [0.2, 0.25) is 10.0 Å². The fraction of sp³-hybridized carbons (Fsp3) is 0.615. The molecule has 0 aliphatic carbocycles. The van der Waals surface area contributed by atoms with Crippen molar-refractivity contribution in [2.45, 2.75) is 44.4 Å². The van der Waals surface area contributed by atoms with Gasteiger partial charge in [0.05, 0.1) is 4.90 Å². The first-order valence-electron chi connectivity index (χ1n) is 6.95. The van der Waals surface area contributed by atoms with Gasteiger partial charge in [-0.25, -0.2) is 24.0 Å². The number of nitrogen functional groups attached to an aromatic ring is 1. The number of pyridine rings is 1. The molecule has 114 valence electrons. The van der Waals surface area contributed by atoms with Gasteiger partial charge in [0.25, 0.3) is 0 Å². The van der Waals surface area contributed by atoms with E-state index in [4.69, 9.17) is 5.84 Å². The molecule has 0 saturated heterocycles. The summed E-state index contributed by atoms with van der Waals surface area (Å²) in [7, 11) is -3.51. The zero-order valence-electron chi connectivity index (χ0n) is 12.1. The number of sulfonamides is 1. The van der Waals surface area contributed by atoms with E-state index in [1.165, 1.54) is 18.3 Å². The Morgan fingerprint density at radius 3 is 2.75 bits per heavy atom. The fourth-order valence-electron chi connectivity index (χ4n) is 1.91. The molecule has 0 spiro atoms. The zero-order chi connectivity index (χ0) is 15.0. The van der Waals surface area contributed by atoms with E-state index in [1.54, 1.807) is 0 Å². The van der Waals surface area contributed by atoms with Crippen LogP contribution in [0.4, 0.5) is 5.82 Å². The van der Waals surface area contributed by atoms with Crippen molar-refractivity contribution >= 4 is 15.8 Å². The van der Waals surface area contributed by atoms with Crippen molar-refractivity contribution in [1.29, 1.82) is 0 Å². The number of hydrazine groups is 1. The summed E-state index contributed by atoms with van der Waals surface area (Å²) in [4.78, 5) is 4.07. The average Bonchev–Trinajstić information content (AvgIpc) is 2.47. The topological polar surface area (TPSA) is 97.1 Å². The van der Waals surface area contributed by atoms with E-state index >= 15 is 0 Å². The van der Waals surface area contributed by atoms with Crippen LogP contribution in [0, 0.1) is 5.92 Å². The molecule has 0 bridgehead atoms. The Hall–Kier alpha value is -1.18. The Labute approximate surface area is 121 Å². The number of rotatable bonds is 9. The summed E-state index contributed by atoms with van der Waals surface area (Å²) in [6, 6.07) is 2.87. The molecule has 0 aliphatic rings. The molecule has 7 heteroatoms. The smallest absolute Gasteiger partial charge is 0.240 e. The van der Waals surface area contributed by atoms with Gasteiger partial charge in [-0.05, 0) is 18.4 Å². The maximum Gasteiger partial charge on any atom is 0.240 e. The van der Waals surface area contributed by atoms with Crippen molar-refractivity contribution in [3.63, 3.8) is 0 Å². The molecule has 4 N–H and O–H groups in total. The molecular weight excluding hydrogens is 276 g/mol. The molecule has 1 atom stereocenters. The third kappa shape index (κ3) is 5.07. The Balaban J connectivity index is 2.68. The Kier molecular flexibility index (Phi) is 6.90. The van der Waals surface area contributed by atoms with E-state index < -0.39 is 10.0 Å². The lowest BCUT2D eigenvalue weighted by Gasteiger charge is -2.15. The molecule has 0 saturated carbocycles. The highest BCUT2D eigenvalue weighted by Gasteiger charge is 2.16. The van der Waals surface area contributed by atoms with Gasteiger partial charge in [0.15, 0.2) is 0 Å². The SMILES string of the molecule is CCCCC(CC)CNS(=O)(=O)c1ccnc(NN)c1. The number of aromatic nitrogens is 1. The van der Waals surface area contributed by atoms with E-state index in [9.17, 15) is 8.42 Å². The van der Waals surface area contributed by atoms with Crippen LogP contribution in [0.25, 0.3) is 0 Å². The van der Waals surface area contributed by atoms with Crippen molar-refractivity contribution in [3.05, 3.63) is 18.3 Å². The lowest BCUT2D eigenvalue weighted by molar-refractivity contribution is 0.443. The van der Waals surface area contributed by atoms with Gasteiger partial charge in [-0.1, -0.05) is 33.1 Å². The van der Waals surface area contributed by atoms with E-state index in [0.29, 0.717) is 18.3 Å². The molecule has 0 radical (unpaired) electrons.